The second kappa shape index (κ2) is 5.82. The van der Waals surface area contributed by atoms with E-state index in [1.54, 1.807) is 0 Å². The zero-order valence-corrected chi connectivity index (χ0v) is 9.29. The molecule has 1 aromatic carbocycles. The summed E-state index contributed by atoms with van der Waals surface area (Å²) in [6.45, 7) is 5.17. The molecule has 1 unspecified atom stereocenters. The molecule has 0 fully saturated rings. The minimum atomic E-state index is 0.552. The van der Waals surface area contributed by atoms with Crippen molar-refractivity contribution in [2.24, 2.45) is 5.73 Å². The van der Waals surface area contributed by atoms with Gasteiger partial charge in [-0.05, 0) is 36.9 Å². The Labute approximate surface area is 87.3 Å². The van der Waals surface area contributed by atoms with Crippen molar-refractivity contribution in [2.75, 3.05) is 6.54 Å². The Balaban J connectivity index is 2.73. The van der Waals surface area contributed by atoms with E-state index >= 15 is 0 Å². The number of unbranched alkanes of at least 4 members (excludes halogenated alkanes) is 1. The lowest BCUT2D eigenvalue weighted by molar-refractivity contribution is 0.589. The number of hydrogen-bond acceptors (Lipinski definition) is 1. The second-order valence-corrected chi connectivity index (χ2v) is 3.93. The normalized spacial score (nSPS) is 12.8. The van der Waals surface area contributed by atoms with E-state index in [9.17, 15) is 0 Å². The van der Waals surface area contributed by atoms with Gasteiger partial charge in [0.1, 0.15) is 0 Å². The maximum atomic E-state index is 5.81. The molecular formula is C13H21N. The van der Waals surface area contributed by atoms with Gasteiger partial charge < -0.3 is 5.73 Å². The van der Waals surface area contributed by atoms with Gasteiger partial charge in [0.05, 0.1) is 0 Å². The van der Waals surface area contributed by atoms with Crippen LogP contribution in [0.15, 0.2) is 24.3 Å². The lowest BCUT2D eigenvalue weighted by Crippen LogP contribution is -2.13. The summed E-state index contributed by atoms with van der Waals surface area (Å²) in [4.78, 5) is 0. The number of rotatable bonds is 5. The molecule has 1 atom stereocenters. The molecule has 0 aliphatic heterocycles. The van der Waals surface area contributed by atoms with E-state index in [1.165, 1.54) is 30.4 Å². The van der Waals surface area contributed by atoms with Crippen molar-refractivity contribution < 1.29 is 0 Å². The largest absolute Gasteiger partial charge is 0.330 e. The Morgan fingerprint density at radius 3 is 2.57 bits per heavy atom. The maximum absolute atomic E-state index is 5.81. The van der Waals surface area contributed by atoms with Gasteiger partial charge in [0, 0.05) is 0 Å². The third-order valence-corrected chi connectivity index (χ3v) is 2.82. The average Bonchev–Trinajstić information content (AvgIpc) is 2.21. The van der Waals surface area contributed by atoms with Gasteiger partial charge in [0.25, 0.3) is 0 Å². The first kappa shape index (κ1) is 11.3. The maximum Gasteiger partial charge on any atom is -0.000814 e. The van der Waals surface area contributed by atoms with Crippen LogP contribution in [-0.2, 0) is 0 Å². The second-order valence-electron chi connectivity index (χ2n) is 3.93. The Kier molecular flexibility index (Phi) is 4.68. The van der Waals surface area contributed by atoms with Crippen molar-refractivity contribution in [3.8, 4) is 0 Å². The fraction of sp³-hybridized carbons (Fsp3) is 0.538. The summed E-state index contributed by atoms with van der Waals surface area (Å²) >= 11 is 0. The Morgan fingerprint density at radius 1 is 1.29 bits per heavy atom. The molecule has 0 aromatic heterocycles. The quantitative estimate of drug-likeness (QED) is 0.759. The molecule has 0 heterocycles. The number of hydrogen-bond donors (Lipinski definition) is 1. The van der Waals surface area contributed by atoms with Gasteiger partial charge in [0.15, 0.2) is 0 Å². The van der Waals surface area contributed by atoms with Crippen molar-refractivity contribution in [3.05, 3.63) is 35.4 Å². The lowest BCUT2D eigenvalue weighted by Gasteiger charge is -2.16. The molecule has 1 nitrogen and oxygen atoms in total. The molecule has 2 N–H and O–H groups in total. The summed E-state index contributed by atoms with van der Waals surface area (Å²) in [5.41, 5.74) is 8.62. The summed E-state index contributed by atoms with van der Waals surface area (Å²) < 4.78 is 0. The molecule has 0 amide bonds. The van der Waals surface area contributed by atoms with E-state index in [0.717, 1.165) is 6.54 Å². The highest BCUT2D eigenvalue weighted by molar-refractivity contribution is 5.29. The minimum absolute atomic E-state index is 0.552. The molecule has 1 heteroatoms. The van der Waals surface area contributed by atoms with E-state index in [0.29, 0.717) is 5.92 Å². The minimum Gasteiger partial charge on any atom is -0.330 e. The highest BCUT2D eigenvalue weighted by Gasteiger charge is 2.10. The van der Waals surface area contributed by atoms with E-state index in [1.807, 2.05) is 0 Å². The van der Waals surface area contributed by atoms with Gasteiger partial charge in [-0.1, -0.05) is 44.0 Å². The first-order valence-electron chi connectivity index (χ1n) is 5.55. The summed E-state index contributed by atoms with van der Waals surface area (Å²) in [6, 6.07) is 8.58. The molecular weight excluding hydrogens is 170 g/mol. The van der Waals surface area contributed by atoms with E-state index in [2.05, 4.69) is 38.1 Å². The van der Waals surface area contributed by atoms with Crippen LogP contribution < -0.4 is 5.73 Å². The van der Waals surface area contributed by atoms with Crippen LogP contribution >= 0.6 is 0 Å². The number of nitrogens with two attached hydrogens (primary N) is 1. The molecule has 0 saturated heterocycles. The third kappa shape index (κ3) is 2.85. The van der Waals surface area contributed by atoms with Crippen molar-refractivity contribution in [1.82, 2.24) is 0 Å². The molecule has 0 aliphatic rings. The van der Waals surface area contributed by atoms with Crippen LogP contribution in [0, 0.1) is 6.92 Å². The van der Waals surface area contributed by atoms with E-state index in [4.69, 9.17) is 5.73 Å². The Bertz CT molecular complexity index is 268. The fourth-order valence-corrected chi connectivity index (χ4v) is 1.90. The van der Waals surface area contributed by atoms with Gasteiger partial charge in [0.2, 0.25) is 0 Å². The SMILES string of the molecule is CCCCC(CN)c1ccccc1C. The van der Waals surface area contributed by atoms with E-state index in [-0.39, 0.29) is 0 Å². The molecule has 14 heavy (non-hydrogen) atoms. The summed E-state index contributed by atoms with van der Waals surface area (Å²) in [6.07, 6.45) is 3.75. The van der Waals surface area contributed by atoms with E-state index < -0.39 is 0 Å². The molecule has 0 radical (unpaired) electrons. The molecule has 0 bridgehead atoms. The van der Waals surface area contributed by atoms with Crippen LogP contribution in [0.1, 0.15) is 43.2 Å². The molecule has 0 saturated carbocycles. The first-order chi connectivity index (χ1) is 6.79. The lowest BCUT2D eigenvalue weighted by atomic mass is 9.90. The number of aryl methyl sites for hydroxylation is 1. The average molecular weight is 191 g/mol. The molecule has 1 rings (SSSR count). The first-order valence-corrected chi connectivity index (χ1v) is 5.55. The monoisotopic (exact) mass is 191 g/mol. The summed E-state index contributed by atoms with van der Waals surface area (Å²) in [5.74, 6) is 0.552. The van der Waals surface area contributed by atoms with Gasteiger partial charge >= 0.3 is 0 Å². The van der Waals surface area contributed by atoms with Gasteiger partial charge in [-0.25, -0.2) is 0 Å². The zero-order chi connectivity index (χ0) is 10.4. The topological polar surface area (TPSA) is 26.0 Å². The Hall–Kier alpha value is -0.820. The summed E-state index contributed by atoms with van der Waals surface area (Å²) in [5, 5.41) is 0. The van der Waals surface area contributed by atoms with Crippen molar-refractivity contribution in [3.63, 3.8) is 0 Å². The number of benzene rings is 1. The highest BCUT2D eigenvalue weighted by Crippen LogP contribution is 2.23. The third-order valence-electron chi connectivity index (χ3n) is 2.82. The van der Waals surface area contributed by atoms with Crippen LogP contribution in [0.3, 0.4) is 0 Å². The van der Waals surface area contributed by atoms with Crippen molar-refractivity contribution in [1.29, 1.82) is 0 Å². The molecule has 0 spiro atoms. The van der Waals surface area contributed by atoms with Crippen molar-refractivity contribution >= 4 is 0 Å². The molecule has 78 valence electrons. The van der Waals surface area contributed by atoms with Gasteiger partial charge in [-0.3, -0.25) is 0 Å². The van der Waals surface area contributed by atoms with Crippen LogP contribution in [0.4, 0.5) is 0 Å². The fourth-order valence-electron chi connectivity index (χ4n) is 1.90. The predicted molar refractivity (Wildman–Crippen MR) is 62.5 cm³/mol. The van der Waals surface area contributed by atoms with Crippen LogP contribution in [0.25, 0.3) is 0 Å². The van der Waals surface area contributed by atoms with Crippen LogP contribution in [0.5, 0.6) is 0 Å². The molecule has 0 aliphatic carbocycles. The standard InChI is InChI=1S/C13H21N/c1-3-4-8-12(10-14)13-9-6-5-7-11(13)2/h5-7,9,12H,3-4,8,10,14H2,1-2H3. The van der Waals surface area contributed by atoms with Crippen LogP contribution in [-0.4, -0.2) is 6.54 Å². The predicted octanol–water partition coefficient (Wildman–Crippen LogP) is 3.23. The van der Waals surface area contributed by atoms with Gasteiger partial charge in [-0.15, -0.1) is 0 Å². The highest BCUT2D eigenvalue weighted by atomic mass is 14.5. The zero-order valence-electron chi connectivity index (χ0n) is 9.29. The van der Waals surface area contributed by atoms with Gasteiger partial charge in [-0.2, -0.15) is 0 Å². The molecule has 1 aromatic rings. The Morgan fingerprint density at radius 2 is 2.00 bits per heavy atom. The summed E-state index contributed by atoms with van der Waals surface area (Å²) in [7, 11) is 0. The van der Waals surface area contributed by atoms with Crippen molar-refractivity contribution in [2.45, 2.75) is 39.0 Å². The van der Waals surface area contributed by atoms with Crippen LogP contribution in [0.2, 0.25) is 0 Å². The smallest absolute Gasteiger partial charge is 0.000814 e.